The van der Waals surface area contributed by atoms with E-state index in [2.05, 4.69) is 20.4 Å². The highest BCUT2D eigenvalue weighted by Crippen LogP contribution is 2.23. The molecule has 0 saturated carbocycles. The summed E-state index contributed by atoms with van der Waals surface area (Å²) in [7, 11) is 1.92. The third kappa shape index (κ3) is 3.07. The molecule has 3 aromatic rings. The molecule has 3 N–H and O–H groups in total. The molecule has 0 aliphatic heterocycles. The molecule has 0 spiro atoms. The lowest BCUT2D eigenvalue weighted by Crippen LogP contribution is -2.18. The number of carbonyl (C=O) groups is 1. The van der Waals surface area contributed by atoms with Crippen LogP contribution in [0.15, 0.2) is 29.8 Å². The quantitative estimate of drug-likeness (QED) is 0.647. The van der Waals surface area contributed by atoms with E-state index in [0.29, 0.717) is 18.7 Å². The van der Waals surface area contributed by atoms with E-state index >= 15 is 0 Å². The number of aromatic carboxylic acids is 1. The van der Waals surface area contributed by atoms with Gasteiger partial charge in [0.25, 0.3) is 0 Å². The molecule has 0 radical (unpaired) electrons. The number of rotatable bonds is 6. The van der Waals surface area contributed by atoms with Crippen molar-refractivity contribution in [3.63, 3.8) is 0 Å². The van der Waals surface area contributed by atoms with Crippen LogP contribution in [0.2, 0.25) is 0 Å². The van der Waals surface area contributed by atoms with Gasteiger partial charge in [0.05, 0.1) is 11.1 Å². The maximum absolute atomic E-state index is 11.1. The Hall–Kier alpha value is -2.45. The largest absolute Gasteiger partial charge is 0.477 e. The van der Waals surface area contributed by atoms with Gasteiger partial charge in [-0.05, 0) is 24.6 Å². The van der Waals surface area contributed by atoms with E-state index in [1.54, 1.807) is 17.5 Å². The van der Waals surface area contributed by atoms with Gasteiger partial charge in [-0.15, -0.1) is 11.3 Å². The van der Waals surface area contributed by atoms with Crippen molar-refractivity contribution in [1.29, 1.82) is 0 Å². The number of nitrogens with zero attached hydrogens (tertiary/aromatic N) is 3. The second-order valence-electron chi connectivity index (χ2n) is 5.00. The fraction of sp³-hybridized carbons (Fsp3) is 0.214. The average Bonchev–Trinajstić information content (AvgIpc) is 3.18. The zero-order valence-electron chi connectivity index (χ0n) is 11.9. The Labute approximate surface area is 130 Å². The summed E-state index contributed by atoms with van der Waals surface area (Å²) in [6.07, 6.45) is 1.55. The minimum atomic E-state index is -0.998. The molecule has 0 unspecified atom stereocenters. The first kappa shape index (κ1) is 14.5. The van der Waals surface area contributed by atoms with Crippen LogP contribution in [0.4, 0.5) is 0 Å². The van der Waals surface area contributed by atoms with E-state index in [1.165, 1.54) is 0 Å². The highest BCUT2D eigenvalue weighted by Gasteiger charge is 2.14. The monoisotopic (exact) mass is 317 g/mol. The van der Waals surface area contributed by atoms with E-state index in [-0.39, 0.29) is 5.69 Å². The van der Waals surface area contributed by atoms with Gasteiger partial charge in [0, 0.05) is 24.3 Å². The lowest BCUT2D eigenvalue weighted by atomic mass is 10.2. The summed E-state index contributed by atoms with van der Waals surface area (Å²) < 4.78 is 0. The summed E-state index contributed by atoms with van der Waals surface area (Å²) in [5.74, 6) is -0.998. The van der Waals surface area contributed by atoms with Gasteiger partial charge in [0.15, 0.2) is 0 Å². The van der Waals surface area contributed by atoms with Gasteiger partial charge >= 0.3 is 5.97 Å². The molecule has 0 bridgehead atoms. The average molecular weight is 317 g/mol. The number of hydrogen-bond acceptors (Lipinski definition) is 5. The topological polar surface area (TPSA) is 97.9 Å². The first-order valence-electron chi connectivity index (χ1n) is 6.65. The highest BCUT2D eigenvalue weighted by atomic mass is 32.1. The molecule has 0 aromatic carbocycles. The van der Waals surface area contributed by atoms with Crippen LogP contribution in [-0.4, -0.2) is 43.4 Å². The Bertz CT molecular complexity index is 762. The van der Waals surface area contributed by atoms with Crippen molar-refractivity contribution in [1.82, 2.24) is 25.3 Å². The van der Waals surface area contributed by atoms with Crippen LogP contribution in [0.25, 0.3) is 10.6 Å². The van der Waals surface area contributed by atoms with Crippen LogP contribution in [0.3, 0.4) is 0 Å². The summed E-state index contributed by atoms with van der Waals surface area (Å²) in [4.78, 5) is 14.2. The number of thiophene rings is 1. The predicted octanol–water partition coefficient (Wildman–Crippen LogP) is 2.19. The number of carboxylic acid groups (broad SMARTS) is 1. The first-order valence-corrected chi connectivity index (χ1v) is 7.53. The van der Waals surface area contributed by atoms with Crippen LogP contribution in [-0.2, 0) is 13.1 Å². The molecule has 22 heavy (non-hydrogen) atoms. The first-order chi connectivity index (χ1) is 10.6. The van der Waals surface area contributed by atoms with Crippen LogP contribution in [0.1, 0.15) is 21.7 Å². The van der Waals surface area contributed by atoms with Crippen molar-refractivity contribution in [2.45, 2.75) is 13.1 Å². The van der Waals surface area contributed by atoms with Crippen LogP contribution >= 0.6 is 11.3 Å². The van der Waals surface area contributed by atoms with Gasteiger partial charge in [0.1, 0.15) is 11.4 Å². The molecule has 0 atom stereocenters. The minimum Gasteiger partial charge on any atom is -0.477 e. The van der Waals surface area contributed by atoms with Gasteiger partial charge in [-0.3, -0.25) is 15.1 Å². The van der Waals surface area contributed by atoms with Crippen molar-refractivity contribution >= 4 is 17.3 Å². The molecule has 8 heteroatoms. The van der Waals surface area contributed by atoms with Crippen molar-refractivity contribution < 1.29 is 9.90 Å². The summed E-state index contributed by atoms with van der Waals surface area (Å²) in [6, 6.07) is 6.03. The molecule has 0 aliphatic rings. The number of nitrogens with one attached hydrogen (secondary N) is 2. The zero-order valence-corrected chi connectivity index (χ0v) is 12.7. The molecular weight excluding hydrogens is 302 g/mol. The Kier molecular flexibility index (Phi) is 4.03. The van der Waals surface area contributed by atoms with E-state index in [0.717, 1.165) is 16.3 Å². The van der Waals surface area contributed by atoms with Crippen molar-refractivity contribution in [3.8, 4) is 10.6 Å². The van der Waals surface area contributed by atoms with Crippen LogP contribution in [0.5, 0.6) is 0 Å². The maximum Gasteiger partial charge on any atom is 0.354 e. The molecule has 0 fully saturated rings. The lowest BCUT2D eigenvalue weighted by Gasteiger charge is -2.14. The molecule has 3 aromatic heterocycles. The van der Waals surface area contributed by atoms with Crippen molar-refractivity contribution in [2.75, 3.05) is 7.05 Å². The second-order valence-corrected chi connectivity index (χ2v) is 5.95. The summed E-state index contributed by atoms with van der Waals surface area (Å²) in [6.45, 7) is 1.13. The summed E-state index contributed by atoms with van der Waals surface area (Å²) in [5.41, 5.74) is 2.70. The Balaban J connectivity index is 1.66. The molecule has 0 saturated heterocycles. The molecule has 3 heterocycles. The van der Waals surface area contributed by atoms with Gasteiger partial charge in [0.2, 0.25) is 0 Å². The van der Waals surface area contributed by atoms with Crippen molar-refractivity contribution in [2.24, 2.45) is 0 Å². The molecule has 0 amide bonds. The standard InChI is InChI=1S/C14H15N5O2S/c1-19(7-9-6-15-18-13(9)14(20)21)8-10-5-11(17-16-10)12-3-2-4-22-12/h2-6H,7-8H2,1H3,(H,15,18)(H,16,17)(H,20,21). The molecule has 114 valence electrons. The van der Waals surface area contributed by atoms with Gasteiger partial charge in [-0.2, -0.15) is 10.2 Å². The van der Waals surface area contributed by atoms with Crippen LogP contribution < -0.4 is 0 Å². The van der Waals surface area contributed by atoms with E-state index in [4.69, 9.17) is 5.11 Å². The maximum atomic E-state index is 11.1. The SMILES string of the molecule is CN(Cc1cc(-c2cccs2)n[nH]1)Cc1cn[nH]c1C(=O)O. The van der Waals surface area contributed by atoms with Crippen LogP contribution in [0, 0.1) is 0 Å². The number of aromatic nitrogens is 4. The Morgan fingerprint density at radius 2 is 2.27 bits per heavy atom. The van der Waals surface area contributed by atoms with Gasteiger partial charge in [-0.25, -0.2) is 4.79 Å². The third-order valence-corrected chi connectivity index (χ3v) is 4.11. The molecule has 0 aliphatic carbocycles. The summed E-state index contributed by atoms with van der Waals surface area (Å²) in [5, 5.41) is 24.7. The second kappa shape index (κ2) is 6.12. The molecular formula is C14H15N5O2S. The number of carboxylic acids is 1. The Morgan fingerprint density at radius 3 is 3.00 bits per heavy atom. The fourth-order valence-corrected chi connectivity index (χ4v) is 2.93. The van der Waals surface area contributed by atoms with E-state index < -0.39 is 5.97 Å². The molecule has 3 rings (SSSR count). The predicted molar refractivity (Wildman–Crippen MR) is 82.6 cm³/mol. The molecule has 7 nitrogen and oxygen atoms in total. The number of hydrogen-bond donors (Lipinski definition) is 3. The van der Waals surface area contributed by atoms with E-state index in [9.17, 15) is 4.79 Å². The summed E-state index contributed by atoms with van der Waals surface area (Å²) >= 11 is 1.64. The third-order valence-electron chi connectivity index (χ3n) is 3.22. The van der Waals surface area contributed by atoms with Crippen molar-refractivity contribution in [3.05, 3.63) is 46.7 Å². The smallest absolute Gasteiger partial charge is 0.354 e. The Morgan fingerprint density at radius 1 is 1.41 bits per heavy atom. The number of aromatic amines is 2. The lowest BCUT2D eigenvalue weighted by molar-refractivity contribution is 0.0688. The minimum absolute atomic E-state index is 0.135. The fourth-order valence-electron chi connectivity index (χ4n) is 2.25. The van der Waals surface area contributed by atoms with E-state index in [1.807, 2.05) is 35.5 Å². The highest BCUT2D eigenvalue weighted by molar-refractivity contribution is 7.13. The number of H-pyrrole nitrogens is 2. The normalized spacial score (nSPS) is 11.2. The zero-order chi connectivity index (χ0) is 15.5. The van der Waals surface area contributed by atoms with Gasteiger partial charge in [-0.1, -0.05) is 6.07 Å². The van der Waals surface area contributed by atoms with Gasteiger partial charge < -0.3 is 5.11 Å².